The molecule has 3 rings (SSSR count). The maximum atomic E-state index is 13.9. The zero-order valence-corrected chi connectivity index (χ0v) is 13.3. The fraction of sp³-hybridized carbons (Fsp3) is 0.500. The Morgan fingerprint density at radius 2 is 2.22 bits per heavy atom. The van der Waals surface area contributed by atoms with Gasteiger partial charge in [0.25, 0.3) is 0 Å². The summed E-state index contributed by atoms with van der Waals surface area (Å²) in [5, 5.41) is 0.334. The maximum Gasteiger partial charge on any atom is 0.315 e. The van der Waals surface area contributed by atoms with E-state index in [9.17, 15) is 14.0 Å². The molecule has 1 heterocycles. The van der Waals surface area contributed by atoms with Gasteiger partial charge in [0.05, 0.1) is 12.0 Å². The fourth-order valence-corrected chi connectivity index (χ4v) is 3.53. The molecule has 23 heavy (non-hydrogen) atoms. The third-order valence-corrected chi connectivity index (χ3v) is 4.87. The van der Waals surface area contributed by atoms with Gasteiger partial charge in [0.1, 0.15) is 12.4 Å². The molecule has 1 saturated heterocycles. The highest BCUT2D eigenvalue weighted by Crippen LogP contribution is 2.51. The second-order valence-corrected chi connectivity index (χ2v) is 6.45. The Labute approximate surface area is 138 Å². The molecule has 2 fully saturated rings. The topological polar surface area (TPSA) is 72.6 Å². The molecule has 0 aromatic heterocycles. The molecule has 1 aromatic rings. The van der Waals surface area contributed by atoms with E-state index in [1.165, 1.54) is 17.0 Å². The Hall–Kier alpha value is -1.82. The average Bonchev–Trinajstić information content (AvgIpc) is 3.12. The van der Waals surface area contributed by atoms with Gasteiger partial charge in [-0.1, -0.05) is 17.7 Å². The van der Waals surface area contributed by atoms with Gasteiger partial charge in [-0.2, -0.15) is 0 Å². The van der Waals surface area contributed by atoms with Crippen molar-refractivity contribution < 1.29 is 18.7 Å². The van der Waals surface area contributed by atoms with Gasteiger partial charge in [-0.05, 0) is 31.4 Å². The van der Waals surface area contributed by atoms with E-state index in [4.69, 9.17) is 22.1 Å². The fourth-order valence-electron chi connectivity index (χ4n) is 3.22. The summed E-state index contributed by atoms with van der Waals surface area (Å²) in [6, 6.07) is 3.83. The van der Waals surface area contributed by atoms with Gasteiger partial charge < -0.3 is 15.4 Å². The van der Waals surface area contributed by atoms with Crippen LogP contribution in [0, 0.1) is 11.7 Å². The molecule has 5 nitrogen and oxygen atoms in total. The Balaban J connectivity index is 1.56. The van der Waals surface area contributed by atoms with E-state index in [1.807, 2.05) is 0 Å². The first-order valence-corrected chi connectivity index (χ1v) is 8.03. The van der Waals surface area contributed by atoms with E-state index in [2.05, 4.69) is 0 Å². The Kier molecular flexibility index (Phi) is 4.43. The zero-order chi connectivity index (χ0) is 16.6. The van der Waals surface area contributed by atoms with Crippen molar-refractivity contribution in [2.45, 2.75) is 31.2 Å². The van der Waals surface area contributed by atoms with Gasteiger partial charge in [0.15, 0.2) is 0 Å². The number of nitrogens with zero attached hydrogens (tertiary/aromatic N) is 1. The van der Waals surface area contributed by atoms with Gasteiger partial charge in [0, 0.05) is 23.0 Å². The van der Waals surface area contributed by atoms with Crippen LogP contribution in [0.4, 0.5) is 9.18 Å². The van der Waals surface area contributed by atoms with Crippen LogP contribution in [-0.2, 0) is 9.53 Å². The maximum absolute atomic E-state index is 13.9. The van der Waals surface area contributed by atoms with Gasteiger partial charge in [0.2, 0.25) is 0 Å². The highest BCUT2D eigenvalue weighted by molar-refractivity contribution is 6.31. The van der Waals surface area contributed by atoms with E-state index in [0.717, 1.165) is 12.8 Å². The van der Waals surface area contributed by atoms with Crippen molar-refractivity contribution in [1.82, 2.24) is 4.90 Å². The lowest BCUT2D eigenvalue weighted by Crippen LogP contribution is -2.42. The predicted molar refractivity (Wildman–Crippen MR) is 82.5 cm³/mol. The average molecular weight is 341 g/mol. The molecule has 7 heteroatoms. The molecule has 0 bridgehead atoms. The lowest BCUT2D eigenvalue weighted by atomic mass is 10.1. The van der Waals surface area contributed by atoms with Gasteiger partial charge >= 0.3 is 12.0 Å². The second kappa shape index (κ2) is 6.35. The summed E-state index contributed by atoms with van der Waals surface area (Å²) in [7, 11) is 0. The van der Waals surface area contributed by atoms with E-state index in [1.54, 1.807) is 6.07 Å². The lowest BCUT2D eigenvalue weighted by molar-refractivity contribution is -0.146. The molecule has 1 aliphatic heterocycles. The Morgan fingerprint density at radius 3 is 2.91 bits per heavy atom. The number of primary amides is 1. The minimum absolute atomic E-state index is 0.135. The molecule has 1 aromatic carbocycles. The molecule has 2 amide bonds. The third kappa shape index (κ3) is 3.27. The van der Waals surface area contributed by atoms with Crippen molar-refractivity contribution in [3.8, 4) is 0 Å². The number of likely N-dealkylation sites (tertiary alicyclic amines) is 1. The first kappa shape index (κ1) is 16.1. The molecule has 124 valence electrons. The van der Waals surface area contributed by atoms with Crippen molar-refractivity contribution in [3.05, 3.63) is 34.6 Å². The Morgan fingerprint density at radius 1 is 1.43 bits per heavy atom. The van der Waals surface area contributed by atoms with Crippen molar-refractivity contribution in [1.29, 1.82) is 0 Å². The first-order valence-electron chi connectivity index (χ1n) is 7.65. The van der Waals surface area contributed by atoms with Crippen LogP contribution in [0.5, 0.6) is 0 Å². The van der Waals surface area contributed by atoms with Gasteiger partial charge in [-0.3, -0.25) is 4.79 Å². The number of carbonyl (C=O) groups excluding carboxylic acids is 2. The number of hydrogen-bond acceptors (Lipinski definition) is 3. The number of nitrogens with two attached hydrogens (primary N) is 1. The van der Waals surface area contributed by atoms with Crippen LogP contribution in [0.1, 0.15) is 30.7 Å². The lowest BCUT2D eigenvalue weighted by Gasteiger charge is -2.22. The number of carbonyl (C=O) groups is 2. The van der Waals surface area contributed by atoms with Crippen LogP contribution < -0.4 is 5.73 Å². The smallest absolute Gasteiger partial charge is 0.315 e. The molecule has 0 spiro atoms. The number of benzene rings is 1. The zero-order valence-electron chi connectivity index (χ0n) is 12.5. The number of urea groups is 1. The van der Waals surface area contributed by atoms with E-state index in [-0.39, 0.29) is 30.5 Å². The highest BCUT2D eigenvalue weighted by atomic mass is 35.5. The van der Waals surface area contributed by atoms with Crippen LogP contribution in [0.3, 0.4) is 0 Å². The van der Waals surface area contributed by atoms with E-state index >= 15 is 0 Å². The second-order valence-electron chi connectivity index (χ2n) is 6.04. The number of esters is 1. The van der Waals surface area contributed by atoms with Crippen molar-refractivity contribution >= 4 is 23.6 Å². The van der Waals surface area contributed by atoms with Crippen LogP contribution >= 0.6 is 11.6 Å². The summed E-state index contributed by atoms with van der Waals surface area (Å²) in [6.07, 6.45) is 2.15. The predicted octanol–water partition coefficient (Wildman–Crippen LogP) is 2.67. The minimum Gasteiger partial charge on any atom is -0.463 e. The molecule has 1 saturated carbocycles. The molecule has 2 N–H and O–H groups in total. The van der Waals surface area contributed by atoms with Crippen LogP contribution in [0.15, 0.2) is 18.2 Å². The van der Waals surface area contributed by atoms with Crippen molar-refractivity contribution in [2.75, 3.05) is 13.2 Å². The third-order valence-electron chi connectivity index (χ3n) is 4.54. The van der Waals surface area contributed by atoms with Crippen molar-refractivity contribution in [2.24, 2.45) is 11.7 Å². The SMILES string of the molecule is NC(=O)N1CCC[C@@H]1COC(=O)[C@@H]1C[C@@H]1c1c(F)cccc1Cl. The normalized spacial score (nSPS) is 26.2. The molecular formula is C16H18ClFN2O3. The molecular weight excluding hydrogens is 323 g/mol. The molecule has 2 aliphatic rings. The number of rotatable bonds is 4. The summed E-state index contributed by atoms with van der Waals surface area (Å²) in [4.78, 5) is 24.9. The molecule has 3 atom stereocenters. The number of hydrogen-bond donors (Lipinski definition) is 1. The first-order chi connectivity index (χ1) is 11.0. The summed E-state index contributed by atoms with van der Waals surface area (Å²) < 4.78 is 19.2. The molecule has 0 unspecified atom stereocenters. The number of ether oxygens (including phenoxy) is 1. The monoisotopic (exact) mass is 340 g/mol. The highest BCUT2D eigenvalue weighted by Gasteiger charge is 2.47. The molecule has 1 aliphatic carbocycles. The van der Waals surface area contributed by atoms with Crippen LogP contribution in [0.2, 0.25) is 5.02 Å². The molecule has 0 radical (unpaired) electrons. The standard InChI is InChI=1S/C16H18ClFN2O3/c17-12-4-1-5-13(18)14(12)10-7-11(10)15(21)23-8-9-3-2-6-20(9)16(19)22/h1,4-5,9-11H,2-3,6-8H2,(H2,19,22)/t9-,10+,11-/m1/s1. The number of halogens is 2. The van der Waals surface area contributed by atoms with E-state index in [0.29, 0.717) is 23.6 Å². The summed E-state index contributed by atoms with van der Waals surface area (Å²) in [5.41, 5.74) is 5.67. The quantitative estimate of drug-likeness (QED) is 0.856. The Bertz CT molecular complexity index is 620. The van der Waals surface area contributed by atoms with Crippen LogP contribution in [-0.4, -0.2) is 36.1 Å². The van der Waals surface area contributed by atoms with E-state index < -0.39 is 11.8 Å². The summed E-state index contributed by atoms with van der Waals surface area (Å²) >= 11 is 6.02. The minimum atomic E-state index is -0.494. The summed E-state index contributed by atoms with van der Waals surface area (Å²) in [5.74, 6) is -1.36. The van der Waals surface area contributed by atoms with Crippen LogP contribution in [0.25, 0.3) is 0 Å². The largest absolute Gasteiger partial charge is 0.463 e. The van der Waals surface area contributed by atoms with Gasteiger partial charge in [-0.25, -0.2) is 9.18 Å². The van der Waals surface area contributed by atoms with Gasteiger partial charge in [-0.15, -0.1) is 0 Å². The van der Waals surface area contributed by atoms with Crippen molar-refractivity contribution in [3.63, 3.8) is 0 Å². The summed E-state index contributed by atoms with van der Waals surface area (Å²) in [6.45, 7) is 0.727. The number of amides is 2.